The Kier molecular flexibility index (Phi) is 4.03. The van der Waals surface area contributed by atoms with Crippen molar-refractivity contribution in [2.45, 2.75) is 6.36 Å². The van der Waals surface area contributed by atoms with Crippen LogP contribution in [0.4, 0.5) is 13.2 Å². The molecule has 0 atom stereocenters. The van der Waals surface area contributed by atoms with E-state index in [1.165, 1.54) is 6.07 Å². The van der Waals surface area contributed by atoms with Gasteiger partial charge in [-0.1, -0.05) is 11.6 Å². The molecule has 0 fully saturated rings. The molecule has 0 amide bonds. The standard InChI is InChI=1S/C10H5ClF3NO3/c1-17-9(16)5-2-7(11)6(4-15)8(3-5)18-10(12,13)14/h2-3H,1H3. The van der Waals surface area contributed by atoms with Crippen LogP contribution in [0.5, 0.6) is 5.75 Å². The van der Waals surface area contributed by atoms with Gasteiger partial charge in [-0.05, 0) is 12.1 Å². The van der Waals surface area contributed by atoms with Gasteiger partial charge in [0.1, 0.15) is 17.4 Å². The van der Waals surface area contributed by atoms with Crippen molar-refractivity contribution in [1.29, 1.82) is 5.26 Å². The first-order valence-corrected chi connectivity index (χ1v) is 4.74. The minimum atomic E-state index is -5.00. The molecular formula is C10H5ClF3NO3. The van der Waals surface area contributed by atoms with Gasteiger partial charge in [0.2, 0.25) is 0 Å². The number of ether oxygens (including phenoxy) is 2. The summed E-state index contributed by atoms with van der Waals surface area (Å²) < 4.78 is 44.3. The van der Waals surface area contributed by atoms with E-state index in [1.807, 2.05) is 0 Å². The third kappa shape index (κ3) is 3.28. The van der Waals surface area contributed by atoms with Crippen molar-refractivity contribution < 1.29 is 27.4 Å². The molecule has 0 saturated carbocycles. The Hall–Kier alpha value is -1.94. The van der Waals surface area contributed by atoms with Gasteiger partial charge in [-0.15, -0.1) is 13.2 Å². The Morgan fingerprint density at radius 2 is 2.06 bits per heavy atom. The molecule has 0 aromatic heterocycles. The van der Waals surface area contributed by atoms with Crippen LogP contribution in [0.3, 0.4) is 0 Å². The fourth-order valence-electron chi connectivity index (χ4n) is 1.13. The van der Waals surface area contributed by atoms with Crippen LogP contribution in [-0.4, -0.2) is 19.4 Å². The maximum Gasteiger partial charge on any atom is 0.573 e. The second kappa shape index (κ2) is 5.14. The molecule has 0 aliphatic carbocycles. The second-order valence-electron chi connectivity index (χ2n) is 2.98. The molecule has 1 aromatic rings. The number of hydrogen-bond acceptors (Lipinski definition) is 4. The van der Waals surface area contributed by atoms with Crippen molar-refractivity contribution in [2.24, 2.45) is 0 Å². The van der Waals surface area contributed by atoms with Crippen LogP contribution in [0.25, 0.3) is 0 Å². The van der Waals surface area contributed by atoms with Crippen molar-refractivity contribution in [1.82, 2.24) is 0 Å². The Bertz CT molecular complexity index is 522. The Morgan fingerprint density at radius 1 is 1.44 bits per heavy atom. The number of carbonyl (C=O) groups is 1. The highest BCUT2D eigenvalue weighted by Crippen LogP contribution is 2.32. The number of rotatable bonds is 2. The SMILES string of the molecule is COC(=O)c1cc(Cl)c(C#N)c(OC(F)(F)F)c1. The van der Waals surface area contributed by atoms with E-state index in [9.17, 15) is 18.0 Å². The molecule has 0 saturated heterocycles. The monoisotopic (exact) mass is 279 g/mol. The van der Waals surface area contributed by atoms with Gasteiger partial charge < -0.3 is 9.47 Å². The predicted molar refractivity (Wildman–Crippen MR) is 54.2 cm³/mol. The Morgan fingerprint density at radius 3 is 2.50 bits per heavy atom. The summed E-state index contributed by atoms with van der Waals surface area (Å²) >= 11 is 5.59. The van der Waals surface area contributed by atoms with Gasteiger partial charge in [-0.3, -0.25) is 0 Å². The van der Waals surface area contributed by atoms with E-state index in [0.717, 1.165) is 19.2 Å². The van der Waals surface area contributed by atoms with E-state index in [1.54, 1.807) is 0 Å². The van der Waals surface area contributed by atoms with Crippen molar-refractivity contribution in [3.8, 4) is 11.8 Å². The van der Waals surface area contributed by atoms with Gasteiger partial charge in [-0.25, -0.2) is 4.79 Å². The van der Waals surface area contributed by atoms with Crippen molar-refractivity contribution >= 4 is 17.6 Å². The average molecular weight is 280 g/mol. The number of hydrogen-bond donors (Lipinski definition) is 0. The molecule has 0 aliphatic rings. The molecule has 0 unspecified atom stereocenters. The topological polar surface area (TPSA) is 59.3 Å². The van der Waals surface area contributed by atoms with Gasteiger partial charge in [0.25, 0.3) is 0 Å². The van der Waals surface area contributed by atoms with Gasteiger partial charge >= 0.3 is 12.3 Å². The molecule has 0 radical (unpaired) electrons. The third-order valence-electron chi connectivity index (χ3n) is 1.81. The molecule has 0 spiro atoms. The van der Waals surface area contributed by atoms with Gasteiger partial charge in [0, 0.05) is 0 Å². The average Bonchev–Trinajstić information content (AvgIpc) is 2.25. The first kappa shape index (κ1) is 14.1. The molecule has 0 bridgehead atoms. The van der Waals surface area contributed by atoms with Crippen molar-refractivity contribution in [3.63, 3.8) is 0 Å². The third-order valence-corrected chi connectivity index (χ3v) is 2.11. The zero-order valence-electron chi connectivity index (χ0n) is 8.84. The van der Waals surface area contributed by atoms with Crippen molar-refractivity contribution in [2.75, 3.05) is 7.11 Å². The molecule has 1 rings (SSSR count). The Balaban J connectivity index is 3.33. The van der Waals surface area contributed by atoms with Gasteiger partial charge in [-0.2, -0.15) is 5.26 Å². The quantitative estimate of drug-likeness (QED) is 0.781. The second-order valence-corrected chi connectivity index (χ2v) is 3.39. The number of methoxy groups -OCH3 is 1. The summed E-state index contributed by atoms with van der Waals surface area (Å²) in [5, 5.41) is 8.35. The van der Waals surface area contributed by atoms with E-state index < -0.39 is 23.6 Å². The lowest BCUT2D eigenvalue weighted by Crippen LogP contribution is -2.18. The lowest BCUT2D eigenvalue weighted by Gasteiger charge is -2.12. The van der Waals surface area contributed by atoms with E-state index >= 15 is 0 Å². The highest BCUT2D eigenvalue weighted by molar-refractivity contribution is 6.32. The molecule has 0 aliphatic heterocycles. The number of halogens is 4. The summed E-state index contributed by atoms with van der Waals surface area (Å²) in [5.41, 5.74) is -0.762. The zero-order valence-corrected chi connectivity index (χ0v) is 9.59. The molecule has 0 heterocycles. The van der Waals surface area contributed by atoms with Crippen LogP contribution in [0.2, 0.25) is 5.02 Å². The lowest BCUT2D eigenvalue weighted by molar-refractivity contribution is -0.274. The summed E-state index contributed by atoms with van der Waals surface area (Å²) in [6, 6.07) is 3.22. The van der Waals surface area contributed by atoms with Crippen molar-refractivity contribution in [3.05, 3.63) is 28.3 Å². The van der Waals surface area contributed by atoms with E-state index in [4.69, 9.17) is 16.9 Å². The summed E-state index contributed by atoms with van der Waals surface area (Å²) in [6.07, 6.45) is -5.00. The summed E-state index contributed by atoms with van der Waals surface area (Å²) in [4.78, 5) is 11.2. The molecule has 4 nitrogen and oxygen atoms in total. The number of carbonyl (C=O) groups excluding carboxylic acids is 1. The first-order chi connectivity index (χ1) is 8.28. The van der Waals surface area contributed by atoms with Crippen LogP contribution in [0.15, 0.2) is 12.1 Å². The van der Waals surface area contributed by atoms with Crippen LogP contribution >= 0.6 is 11.6 Å². The highest BCUT2D eigenvalue weighted by Gasteiger charge is 2.33. The number of nitriles is 1. The van der Waals surface area contributed by atoms with Crippen LogP contribution < -0.4 is 4.74 Å². The lowest BCUT2D eigenvalue weighted by atomic mass is 10.1. The number of nitrogens with zero attached hydrogens (tertiary/aromatic N) is 1. The zero-order chi connectivity index (χ0) is 13.9. The van der Waals surface area contributed by atoms with Crippen LogP contribution in [0.1, 0.15) is 15.9 Å². The van der Waals surface area contributed by atoms with Crippen LogP contribution in [0, 0.1) is 11.3 Å². The Labute approximate surface area is 104 Å². The molecule has 96 valence electrons. The van der Waals surface area contributed by atoms with Crippen LogP contribution in [-0.2, 0) is 4.74 Å². The minimum absolute atomic E-state index is 0.249. The number of esters is 1. The molecule has 8 heteroatoms. The maximum atomic E-state index is 12.1. The smallest absolute Gasteiger partial charge is 0.465 e. The normalized spacial score (nSPS) is 10.7. The fraction of sp³-hybridized carbons (Fsp3) is 0.200. The highest BCUT2D eigenvalue weighted by atomic mass is 35.5. The molecule has 1 aromatic carbocycles. The predicted octanol–water partition coefficient (Wildman–Crippen LogP) is 2.90. The van der Waals surface area contributed by atoms with E-state index in [-0.39, 0.29) is 10.6 Å². The van der Waals surface area contributed by atoms with Gasteiger partial charge in [0.05, 0.1) is 17.7 Å². The fourth-order valence-corrected chi connectivity index (χ4v) is 1.38. The molecule has 18 heavy (non-hydrogen) atoms. The van der Waals surface area contributed by atoms with E-state index in [0.29, 0.717) is 0 Å². The van der Waals surface area contributed by atoms with E-state index in [2.05, 4.69) is 9.47 Å². The first-order valence-electron chi connectivity index (χ1n) is 4.36. The number of benzene rings is 1. The largest absolute Gasteiger partial charge is 0.573 e. The summed E-state index contributed by atoms with van der Waals surface area (Å²) in [7, 11) is 1.05. The van der Waals surface area contributed by atoms with Gasteiger partial charge in [0.15, 0.2) is 0 Å². The summed E-state index contributed by atoms with van der Waals surface area (Å²) in [5.74, 6) is -1.74. The molecule has 0 N–H and O–H groups in total. The number of alkyl halides is 3. The molecular weight excluding hydrogens is 275 g/mol. The summed E-state index contributed by atoms with van der Waals surface area (Å²) in [6.45, 7) is 0. The maximum absolute atomic E-state index is 12.1. The minimum Gasteiger partial charge on any atom is -0.465 e.